The Balaban J connectivity index is 1.71. The van der Waals surface area contributed by atoms with Crippen LogP contribution in [0.15, 0.2) is 89.8 Å². The summed E-state index contributed by atoms with van der Waals surface area (Å²) in [4.78, 5) is 12.3. The summed E-state index contributed by atoms with van der Waals surface area (Å²) in [5.41, 5.74) is 1.99. The zero-order valence-corrected chi connectivity index (χ0v) is 15.7. The number of rotatable bonds is 6. The SMILES string of the molecule is CN(Cc1ccccc1)S(=O)(=O)c1ccc(NC(=O)c2ccccc2)cc1. The molecule has 3 aromatic carbocycles. The largest absolute Gasteiger partial charge is 0.322 e. The quantitative estimate of drug-likeness (QED) is 0.708. The Morgan fingerprint density at radius 3 is 2.00 bits per heavy atom. The van der Waals surface area contributed by atoms with E-state index in [-0.39, 0.29) is 17.3 Å². The van der Waals surface area contributed by atoms with Crippen molar-refractivity contribution in [3.63, 3.8) is 0 Å². The number of anilines is 1. The molecule has 0 bridgehead atoms. The van der Waals surface area contributed by atoms with Crippen molar-refractivity contribution < 1.29 is 13.2 Å². The first kappa shape index (κ1) is 18.8. The molecule has 0 aliphatic carbocycles. The minimum atomic E-state index is -3.61. The van der Waals surface area contributed by atoms with E-state index in [4.69, 9.17) is 0 Å². The van der Waals surface area contributed by atoms with Gasteiger partial charge in [0.25, 0.3) is 5.91 Å². The van der Waals surface area contributed by atoms with Crippen LogP contribution < -0.4 is 5.32 Å². The van der Waals surface area contributed by atoms with Gasteiger partial charge in [-0.25, -0.2) is 8.42 Å². The van der Waals surface area contributed by atoms with Gasteiger partial charge in [-0.2, -0.15) is 4.31 Å². The molecule has 0 aliphatic rings. The molecule has 0 aliphatic heterocycles. The van der Waals surface area contributed by atoms with Crippen LogP contribution in [0.25, 0.3) is 0 Å². The number of benzene rings is 3. The van der Waals surface area contributed by atoms with Gasteiger partial charge < -0.3 is 5.32 Å². The van der Waals surface area contributed by atoms with Crippen molar-refractivity contribution >= 4 is 21.6 Å². The average Bonchev–Trinajstić information content (AvgIpc) is 2.70. The molecule has 27 heavy (non-hydrogen) atoms. The van der Waals surface area contributed by atoms with Crippen molar-refractivity contribution in [2.75, 3.05) is 12.4 Å². The molecule has 0 unspecified atom stereocenters. The lowest BCUT2D eigenvalue weighted by molar-refractivity contribution is 0.102. The summed E-state index contributed by atoms with van der Waals surface area (Å²) in [5.74, 6) is -0.243. The predicted molar refractivity (Wildman–Crippen MR) is 106 cm³/mol. The molecule has 0 aromatic heterocycles. The molecule has 1 amide bonds. The highest BCUT2D eigenvalue weighted by Crippen LogP contribution is 2.19. The van der Waals surface area contributed by atoms with Gasteiger partial charge in [-0.1, -0.05) is 48.5 Å². The van der Waals surface area contributed by atoms with Gasteiger partial charge in [0.05, 0.1) is 4.90 Å². The molecule has 0 spiro atoms. The Bertz CT molecular complexity index is 1000. The Morgan fingerprint density at radius 2 is 1.41 bits per heavy atom. The first-order valence-electron chi connectivity index (χ1n) is 8.43. The molecule has 0 heterocycles. The third kappa shape index (κ3) is 4.61. The minimum absolute atomic E-state index is 0.179. The Morgan fingerprint density at radius 1 is 0.852 bits per heavy atom. The van der Waals surface area contributed by atoms with Crippen molar-refractivity contribution in [3.05, 3.63) is 96.1 Å². The number of nitrogens with zero attached hydrogens (tertiary/aromatic N) is 1. The second-order valence-electron chi connectivity index (χ2n) is 6.09. The summed E-state index contributed by atoms with van der Waals surface area (Å²) < 4.78 is 26.8. The summed E-state index contributed by atoms with van der Waals surface area (Å²) in [6.45, 7) is 0.287. The van der Waals surface area contributed by atoms with E-state index in [1.165, 1.54) is 16.4 Å². The van der Waals surface area contributed by atoms with Gasteiger partial charge in [-0.05, 0) is 42.0 Å². The first-order valence-corrected chi connectivity index (χ1v) is 9.87. The normalized spacial score (nSPS) is 11.3. The van der Waals surface area contributed by atoms with Crippen molar-refractivity contribution in [3.8, 4) is 0 Å². The van der Waals surface area contributed by atoms with E-state index >= 15 is 0 Å². The summed E-state index contributed by atoms with van der Waals surface area (Å²) in [6, 6.07) is 24.4. The third-order valence-corrected chi connectivity index (χ3v) is 5.92. The van der Waals surface area contributed by atoms with E-state index in [9.17, 15) is 13.2 Å². The van der Waals surface area contributed by atoms with Crippen LogP contribution in [0, 0.1) is 0 Å². The van der Waals surface area contributed by atoms with Crippen LogP contribution in [-0.4, -0.2) is 25.7 Å². The lowest BCUT2D eigenvalue weighted by Crippen LogP contribution is -2.26. The standard InChI is InChI=1S/C21H20N2O3S/c1-23(16-17-8-4-2-5-9-17)27(25,26)20-14-12-19(13-15-20)22-21(24)18-10-6-3-7-11-18/h2-15H,16H2,1H3,(H,22,24). The number of carbonyl (C=O) groups is 1. The fourth-order valence-corrected chi connectivity index (χ4v) is 3.77. The minimum Gasteiger partial charge on any atom is -0.322 e. The maximum atomic E-state index is 12.7. The van der Waals surface area contributed by atoms with Crippen LogP contribution in [0.4, 0.5) is 5.69 Å². The van der Waals surface area contributed by atoms with Crippen LogP contribution in [0.5, 0.6) is 0 Å². The number of amides is 1. The number of sulfonamides is 1. The Kier molecular flexibility index (Phi) is 5.69. The fraction of sp³-hybridized carbons (Fsp3) is 0.0952. The molecule has 0 saturated carbocycles. The number of hydrogen-bond donors (Lipinski definition) is 1. The van der Waals surface area contributed by atoms with E-state index < -0.39 is 10.0 Å². The van der Waals surface area contributed by atoms with Gasteiger partial charge in [-0.3, -0.25) is 4.79 Å². The second-order valence-corrected chi connectivity index (χ2v) is 8.14. The summed E-state index contributed by atoms with van der Waals surface area (Å²) in [5, 5.41) is 2.76. The molecule has 6 heteroatoms. The molecule has 0 atom stereocenters. The van der Waals surface area contributed by atoms with Crippen molar-refractivity contribution in [1.82, 2.24) is 4.31 Å². The van der Waals surface area contributed by atoms with Gasteiger partial charge in [0.2, 0.25) is 10.0 Å². The number of carbonyl (C=O) groups excluding carboxylic acids is 1. The molecule has 3 aromatic rings. The summed E-state index contributed by atoms with van der Waals surface area (Å²) >= 11 is 0. The van der Waals surface area contributed by atoms with Gasteiger partial charge in [0.15, 0.2) is 0 Å². The molecule has 0 fully saturated rings. The summed E-state index contributed by atoms with van der Waals surface area (Å²) in [7, 11) is -2.06. The summed E-state index contributed by atoms with van der Waals surface area (Å²) in [6.07, 6.45) is 0. The molecular formula is C21H20N2O3S. The van der Waals surface area contributed by atoms with E-state index in [0.717, 1.165) is 5.56 Å². The Labute approximate surface area is 159 Å². The molecular weight excluding hydrogens is 360 g/mol. The lowest BCUT2D eigenvalue weighted by atomic mass is 10.2. The van der Waals surface area contributed by atoms with Crippen molar-refractivity contribution in [2.24, 2.45) is 0 Å². The Hall–Kier alpha value is -2.96. The molecule has 5 nitrogen and oxygen atoms in total. The van der Waals surface area contributed by atoms with E-state index in [1.807, 2.05) is 36.4 Å². The van der Waals surface area contributed by atoms with Gasteiger partial charge in [0.1, 0.15) is 0 Å². The molecule has 0 radical (unpaired) electrons. The van der Waals surface area contributed by atoms with Crippen LogP contribution >= 0.6 is 0 Å². The third-order valence-electron chi connectivity index (χ3n) is 4.10. The van der Waals surface area contributed by atoms with E-state index in [1.54, 1.807) is 43.4 Å². The zero-order chi connectivity index (χ0) is 19.3. The van der Waals surface area contributed by atoms with Gasteiger partial charge in [0, 0.05) is 24.8 Å². The predicted octanol–water partition coefficient (Wildman–Crippen LogP) is 3.76. The molecule has 138 valence electrons. The first-order chi connectivity index (χ1) is 13.0. The van der Waals surface area contributed by atoms with E-state index in [0.29, 0.717) is 11.3 Å². The van der Waals surface area contributed by atoms with Crippen LogP contribution in [0.1, 0.15) is 15.9 Å². The highest BCUT2D eigenvalue weighted by molar-refractivity contribution is 7.89. The van der Waals surface area contributed by atoms with Crippen molar-refractivity contribution in [2.45, 2.75) is 11.4 Å². The highest BCUT2D eigenvalue weighted by Gasteiger charge is 2.20. The second kappa shape index (κ2) is 8.16. The smallest absolute Gasteiger partial charge is 0.255 e. The van der Waals surface area contributed by atoms with Crippen LogP contribution in [-0.2, 0) is 16.6 Å². The molecule has 1 N–H and O–H groups in total. The van der Waals surface area contributed by atoms with Gasteiger partial charge >= 0.3 is 0 Å². The molecule has 0 saturated heterocycles. The fourth-order valence-electron chi connectivity index (χ4n) is 2.61. The average molecular weight is 380 g/mol. The maximum absolute atomic E-state index is 12.7. The lowest BCUT2D eigenvalue weighted by Gasteiger charge is -2.17. The zero-order valence-electron chi connectivity index (χ0n) is 14.9. The number of nitrogens with one attached hydrogen (secondary N) is 1. The monoisotopic (exact) mass is 380 g/mol. The molecule has 3 rings (SSSR count). The van der Waals surface area contributed by atoms with Gasteiger partial charge in [-0.15, -0.1) is 0 Å². The number of hydrogen-bond acceptors (Lipinski definition) is 3. The van der Waals surface area contributed by atoms with E-state index in [2.05, 4.69) is 5.32 Å². The highest BCUT2D eigenvalue weighted by atomic mass is 32.2. The van der Waals surface area contributed by atoms with Crippen molar-refractivity contribution in [1.29, 1.82) is 0 Å². The van der Waals surface area contributed by atoms with Crippen LogP contribution in [0.3, 0.4) is 0 Å². The maximum Gasteiger partial charge on any atom is 0.255 e. The topological polar surface area (TPSA) is 66.5 Å². The van der Waals surface area contributed by atoms with Crippen LogP contribution in [0.2, 0.25) is 0 Å².